The summed E-state index contributed by atoms with van der Waals surface area (Å²) in [5.41, 5.74) is 5.63. The first-order valence-electron chi connectivity index (χ1n) is 16.0. The van der Waals surface area contributed by atoms with Crippen LogP contribution in [0.15, 0.2) is 176 Å². The van der Waals surface area contributed by atoms with E-state index in [2.05, 4.69) is 156 Å². The Labute approximate surface area is 280 Å². The van der Waals surface area contributed by atoms with Gasteiger partial charge in [0.25, 0.3) is 0 Å². The van der Waals surface area contributed by atoms with Crippen LogP contribution in [0.4, 0.5) is 0 Å². The van der Waals surface area contributed by atoms with Crippen LogP contribution in [0.2, 0.25) is 0 Å². The minimum atomic E-state index is -3.06. The maximum absolute atomic E-state index is 10.9. The van der Waals surface area contributed by atoms with Crippen LogP contribution >= 0.6 is 0 Å². The number of nitrogens with zero attached hydrogens (tertiary/aromatic N) is 3. The lowest BCUT2D eigenvalue weighted by Gasteiger charge is -2.36. The zero-order chi connectivity index (χ0) is 32.5. The number of fused-ring (bicyclic) bond motifs is 3. The van der Waals surface area contributed by atoms with Gasteiger partial charge in [-0.1, -0.05) is 152 Å². The summed E-state index contributed by atoms with van der Waals surface area (Å²) in [5, 5.41) is 28.5. The molecule has 1 heterocycles. The Balaban J connectivity index is 1.58. The van der Waals surface area contributed by atoms with Crippen molar-refractivity contribution < 1.29 is 0 Å². The first kappa shape index (κ1) is 29.0. The van der Waals surface area contributed by atoms with Gasteiger partial charge in [-0.3, -0.25) is 0 Å². The lowest BCUT2D eigenvalue weighted by Crippen LogP contribution is -2.75. The van der Waals surface area contributed by atoms with Crippen LogP contribution in [0, 0.1) is 22.7 Å². The Morgan fingerprint density at radius 3 is 1.35 bits per heavy atom. The maximum atomic E-state index is 10.9. The monoisotopic (exact) mass is 627 g/mol. The Hall–Kier alpha value is -6.46. The molecule has 224 valence electrons. The van der Waals surface area contributed by atoms with E-state index in [9.17, 15) is 10.5 Å². The van der Waals surface area contributed by atoms with Gasteiger partial charge in [-0.25, -0.2) is 0 Å². The number of aromatic nitrogens is 1. The van der Waals surface area contributed by atoms with Gasteiger partial charge in [-0.15, -0.1) is 0 Å². The molecule has 0 N–H and O–H groups in total. The Morgan fingerprint density at radius 1 is 0.417 bits per heavy atom. The largest absolute Gasteiger partial charge is 0.307 e. The molecule has 0 aliphatic carbocycles. The van der Waals surface area contributed by atoms with Crippen LogP contribution in [0.5, 0.6) is 0 Å². The predicted octanol–water partition coefficient (Wildman–Crippen LogP) is 7.57. The fourth-order valence-electron chi connectivity index (χ4n) is 7.52. The highest BCUT2D eigenvalue weighted by Gasteiger charge is 2.43. The number of nitriles is 2. The minimum Gasteiger partial charge on any atom is -0.307 e. The van der Waals surface area contributed by atoms with Crippen LogP contribution in [-0.4, -0.2) is 12.6 Å². The molecule has 0 aliphatic heterocycles. The predicted molar refractivity (Wildman–Crippen MR) is 199 cm³/mol. The van der Waals surface area contributed by atoms with Gasteiger partial charge in [0, 0.05) is 21.9 Å². The summed E-state index contributed by atoms with van der Waals surface area (Å²) in [6.45, 7) is 0. The van der Waals surface area contributed by atoms with Gasteiger partial charge in [-0.2, -0.15) is 10.5 Å². The quantitative estimate of drug-likeness (QED) is 0.141. The summed E-state index contributed by atoms with van der Waals surface area (Å²) < 4.78 is 2.22. The standard InChI is InChI=1S/C44H29N3Si/c45-30-32-16-15-29-42(48(34-18-4-1-5-19-34,35-20-6-2-7-21-35)36-22-8-3-9-23-36)43(32)39-26-14-17-33(31-46)44(39)47-40-27-12-10-24-37(40)38-25-11-13-28-41(38)47/h1-29H. The molecule has 4 heteroatoms. The molecule has 0 unspecified atom stereocenters. The van der Waals surface area contributed by atoms with Crippen LogP contribution in [0.25, 0.3) is 38.6 Å². The molecule has 0 aliphatic rings. The average Bonchev–Trinajstić information content (AvgIpc) is 3.50. The van der Waals surface area contributed by atoms with E-state index >= 15 is 0 Å². The second-order valence-corrected chi connectivity index (χ2v) is 15.6. The zero-order valence-corrected chi connectivity index (χ0v) is 27.1. The molecule has 8 rings (SSSR count). The fourth-order valence-corrected chi connectivity index (χ4v) is 12.5. The maximum Gasteiger partial charge on any atom is 0.180 e. The summed E-state index contributed by atoms with van der Waals surface area (Å²) in [6, 6.07) is 66.0. The van der Waals surface area contributed by atoms with Crippen molar-refractivity contribution in [1.82, 2.24) is 4.57 Å². The molecule has 7 aromatic carbocycles. The average molecular weight is 628 g/mol. The molecule has 0 bridgehead atoms. The summed E-state index contributed by atoms with van der Waals surface area (Å²) >= 11 is 0. The number of benzene rings is 7. The molecule has 0 saturated carbocycles. The number of rotatable bonds is 6. The van der Waals surface area contributed by atoms with E-state index in [0.717, 1.165) is 43.8 Å². The SMILES string of the molecule is N#Cc1cccc([Si](c2ccccc2)(c2ccccc2)c2ccccc2)c1-c1cccc(C#N)c1-n1c2ccccc2c2ccccc21. The van der Waals surface area contributed by atoms with Crippen molar-refractivity contribution in [3.8, 4) is 29.0 Å². The van der Waals surface area contributed by atoms with Gasteiger partial charge in [0.2, 0.25) is 0 Å². The van der Waals surface area contributed by atoms with Crippen molar-refractivity contribution in [2.45, 2.75) is 0 Å². The van der Waals surface area contributed by atoms with E-state index < -0.39 is 8.07 Å². The normalized spacial score (nSPS) is 11.3. The molecular formula is C44H29N3Si. The van der Waals surface area contributed by atoms with Crippen molar-refractivity contribution >= 4 is 50.6 Å². The van der Waals surface area contributed by atoms with Crippen LogP contribution in [0.1, 0.15) is 11.1 Å². The molecule has 48 heavy (non-hydrogen) atoms. The molecule has 0 atom stereocenters. The zero-order valence-electron chi connectivity index (χ0n) is 26.1. The summed E-state index contributed by atoms with van der Waals surface area (Å²) in [5.74, 6) is 0. The van der Waals surface area contributed by atoms with Crippen molar-refractivity contribution in [2.24, 2.45) is 0 Å². The van der Waals surface area contributed by atoms with Gasteiger partial charge in [-0.05, 0) is 45.0 Å². The summed E-state index contributed by atoms with van der Waals surface area (Å²) in [7, 11) is -3.06. The lowest BCUT2D eigenvalue weighted by atomic mass is 9.96. The van der Waals surface area contributed by atoms with Crippen LogP contribution < -0.4 is 20.7 Å². The second-order valence-electron chi connectivity index (χ2n) is 11.9. The molecule has 8 aromatic rings. The molecule has 1 aromatic heterocycles. The third kappa shape index (κ3) is 4.40. The molecule has 0 amide bonds. The third-order valence-corrected chi connectivity index (χ3v) is 14.3. The molecule has 3 nitrogen and oxygen atoms in total. The van der Waals surface area contributed by atoms with Crippen molar-refractivity contribution in [3.63, 3.8) is 0 Å². The Bertz CT molecular complexity index is 2370. The first-order chi connectivity index (χ1) is 23.8. The molecule has 0 radical (unpaired) electrons. The van der Waals surface area contributed by atoms with Crippen LogP contribution in [0.3, 0.4) is 0 Å². The number of para-hydroxylation sites is 3. The van der Waals surface area contributed by atoms with E-state index in [1.807, 2.05) is 36.4 Å². The molecule has 0 saturated heterocycles. The smallest absolute Gasteiger partial charge is 0.180 e. The Kier molecular flexibility index (Phi) is 7.27. The fraction of sp³-hybridized carbons (Fsp3) is 0. The first-order valence-corrected chi connectivity index (χ1v) is 18.0. The van der Waals surface area contributed by atoms with Crippen molar-refractivity contribution in [3.05, 3.63) is 187 Å². The van der Waals surface area contributed by atoms with Gasteiger partial charge in [0.05, 0.1) is 33.9 Å². The third-order valence-electron chi connectivity index (χ3n) is 9.44. The highest BCUT2D eigenvalue weighted by atomic mass is 28.3. The van der Waals surface area contributed by atoms with E-state index in [4.69, 9.17) is 0 Å². The van der Waals surface area contributed by atoms with E-state index in [0.29, 0.717) is 11.1 Å². The minimum absolute atomic E-state index is 0.545. The van der Waals surface area contributed by atoms with Crippen LogP contribution in [-0.2, 0) is 0 Å². The highest BCUT2D eigenvalue weighted by Crippen LogP contribution is 2.38. The van der Waals surface area contributed by atoms with Crippen molar-refractivity contribution in [2.75, 3.05) is 0 Å². The van der Waals surface area contributed by atoms with Crippen molar-refractivity contribution in [1.29, 1.82) is 10.5 Å². The lowest BCUT2D eigenvalue weighted by molar-refractivity contribution is 1.17. The molecular weight excluding hydrogens is 599 g/mol. The second kappa shape index (κ2) is 12.0. The van der Waals surface area contributed by atoms with Gasteiger partial charge < -0.3 is 4.57 Å². The highest BCUT2D eigenvalue weighted by molar-refractivity contribution is 7.20. The Morgan fingerprint density at radius 2 is 0.854 bits per heavy atom. The van der Waals surface area contributed by atoms with E-state index in [1.54, 1.807) is 0 Å². The summed E-state index contributed by atoms with van der Waals surface area (Å²) in [4.78, 5) is 0. The molecule has 0 fully saturated rings. The van der Waals surface area contributed by atoms with Gasteiger partial charge in [0.15, 0.2) is 8.07 Å². The van der Waals surface area contributed by atoms with Gasteiger partial charge in [0.1, 0.15) is 6.07 Å². The topological polar surface area (TPSA) is 52.5 Å². The number of hydrogen-bond acceptors (Lipinski definition) is 2. The summed E-state index contributed by atoms with van der Waals surface area (Å²) in [6.07, 6.45) is 0. The van der Waals surface area contributed by atoms with Gasteiger partial charge >= 0.3 is 0 Å². The van der Waals surface area contributed by atoms with E-state index in [1.165, 1.54) is 15.6 Å². The molecule has 0 spiro atoms. The number of hydrogen-bond donors (Lipinski definition) is 0. The van der Waals surface area contributed by atoms with E-state index in [-0.39, 0.29) is 0 Å².